The molecule has 0 unspecified atom stereocenters. The van der Waals surface area contributed by atoms with Crippen molar-refractivity contribution in [3.8, 4) is 10.6 Å². The second-order valence-electron chi connectivity index (χ2n) is 4.07. The second-order valence-corrected chi connectivity index (χ2v) is 5.01. The van der Waals surface area contributed by atoms with E-state index in [1.165, 1.54) is 6.33 Å². The van der Waals surface area contributed by atoms with E-state index >= 15 is 0 Å². The third kappa shape index (κ3) is 2.29. The Kier molecular flexibility index (Phi) is 3.39. The average Bonchev–Trinajstić information content (AvgIpc) is 3.07. The summed E-state index contributed by atoms with van der Waals surface area (Å²) in [6, 6.07) is 4.06. The molecule has 3 heterocycles. The molecular weight excluding hydrogens is 260 g/mol. The lowest BCUT2D eigenvalue weighted by molar-refractivity contribution is 0.871. The van der Waals surface area contributed by atoms with Gasteiger partial charge in [0.25, 0.3) is 0 Å². The van der Waals surface area contributed by atoms with E-state index in [0.29, 0.717) is 12.2 Å². The Hall–Kier alpha value is -1.99. The number of aromatic nitrogens is 4. The van der Waals surface area contributed by atoms with Crippen LogP contribution in [-0.4, -0.2) is 33.3 Å². The van der Waals surface area contributed by atoms with Crippen LogP contribution in [0.1, 0.15) is 6.42 Å². The van der Waals surface area contributed by atoms with Crippen molar-refractivity contribution in [3.63, 3.8) is 0 Å². The molecule has 0 spiro atoms. The van der Waals surface area contributed by atoms with Crippen LogP contribution in [0.5, 0.6) is 0 Å². The van der Waals surface area contributed by atoms with Gasteiger partial charge in [0, 0.05) is 6.54 Å². The minimum Gasteiger partial charge on any atom is -0.369 e. The first-order valence-corrected chi connectivity index (χ1v) is 6.95. The first kappa shape index (κ1) is 12.1. The van der Waals surface area contributed by atoms with Crippen LogP contribution in [0.25, 0.3) is 21.6 Å². The summed E-state index contributed by atoms with van der Waals surface area (Å²) in [5, 5.41) is 13.5. The summed E-state index contributed by atoms with van der Waals surface area (Å²) in [6.45, 7) is 1.45. The Labute approximate surface area is 114 Å². The van der Waals surface area contributed by atoms with E-state index in [4.69, 9.17) is 5.73 Å². The van der Waals surface area contributed by atoms with Crippen LogP contribution in [0, 0.1) is 0 Å². The van der Waals surface area contributed by atoms with E-state index in [1.807, 2.05) is 17.5 Å². The number of hydrogen-bond donors (Lipinski definition) is 3. The molecule has 98 valence electrons. The fraction of sp³-hybridized carbons (Fsp3) is 0.250. The maximum Gasteiger partial charge on any atom is 0.186 e. The predicted octanol–water partition coefficient (Wildman–Crippen LogP) is 1.84. The fourth-order valence-corrected chi connectivity index (χ4v) is 2.62. The van der Waals surface area contributed by atoms with Crippen LogP contribution >= 0.6 is 11.3 Å². The van der Waals surface area contributed by atoms with Crippen molar-refractivity contribution >= 4 is 28.2 Å². The predicted molar refractivity (Wildman–Crippen MR) is 77.2 cm³/mol. The number of fused-ring (bicyclic) bond motifs is 1. The second kappa shape index (κ2) is 5.33. The van der Waals surface area contributed by atoms with Crippen LogP contribution in [0.15, 0.2) is 23.8 Å². The summed E-state index contributed by atoms with van der Waals surface area (Å²) in [7, 11) is 0. The highest BCUT2D eigenvalue weighted by molar-refractivity contribution is 7.13. The maximum atomic E-state index is 5.50. The third-order valence-corrected chi connectivity index (χ3v) is 3.68. The number of hydrogen-bond acceptors (Lipinski definition) is 6. The van der Waals surface area contributed by atoms with Crippen molar-refractivity contribution < 1.29 is 0 Å². The van der Waals surface area contributed by atoms with E-state index in [-0.39, 0.29) is 0 Å². The molecular formula is C12H14N6S. The van der Waals surface area contributed by atoms with Gasteiger partial charge in [0.15, 0.2) is 5.65 Å². The van der Waals surface area contributed by atoms with Gasteiger partial charge in [-0.05, 0) is 24.4 Å². The Bertz CT molecular complexity index is 660. The van der Waals surface area contributed by atoms with E-state index < -0.39 is 0 Å². The standard InChI is InChI=1S/C12H14N6S/c13-4-2-5-14-11-9-10(8-3-1-6-19-8)17-18-12(9)16-7-15-11/h1,3,6-7H,2,4-5,13H2,(H2,14,15,16,17,18). The number of rotatable bonds is 5. The molecule has 3 aromatic rings. The number of nitrogens with zero attached hydrogens (tertiary/aromatic N) is 3. The minimum absolute atomic E-state index is 0.657. The molecule has 0 amide bonds. The quantitative estimate of drug-likeness (QED) is 0.617. The highest BCUT2D eigenvalue weighted by Crippen LogP contribution is 2.32. The van der Waals surface area contributed by atoms with Gasteiger partial charge in [-0.3, -0.25) is 5.10 Å². The fourth-order valence-electron chi connectivity index (χ4n) is 1.90. The zero-order chi connectivity index (χ0) is 13.1. The van der Waals surface area contributed by atoms with Gasteiger partial charge in [0.2, 0.25) is 0 Å². The molecule has 0 fully saturated rings. The molecule has 7 heteroatoms. The molecule has 0 aliphatic heterocycles. The van der Waals surface area contributed by atoms with Crippen molar-refractivity contribution in [3.05, 3.63) is 23.8 Å². The van der Waals surface area contributed by atoms with Gasteiger partial charge in [-0.25, -0.2) is 9.97 Å². The number of nitrogens with one attached hydrogen (secondary N) is 2. The number of H-pyrrole nitrogens is 1. The highest BCUT2D eigenvalue weighted by atomic mass is 32.1. The van der Waals surface area contributed by atoms with E-state index in [2.05, 4.69) is 25.5 Å². The molecule has 6 nitrogen and oxygen atoms in total. The monoisotopic (exact) mass is 274 g/mol. The lowest BCUT2D eigenvalue weighted by Crippen LogP contribution is -2.09. The summed E-state index contributed by atoms with van der Waals surface area (Å²) in [5.74, 6) is 0.801. The first-order chi connectivity index (χ1) is 9.40. The summed E-state index contributed by atoms with van der Waals surface area (Å²) >= 11 is 1.66. The number of anilines is 1. The number of aromatic amines is 1. The molecule has 4 N–H and O–H groups in total. The van der Waals surface area contributed by atoms with E-state index in [0.717, 1.165) is 34.7 Å². The van der Waals surface area contributed by atoms with Crippen LogP contribution in [0.4, 0.5) is 5.82 Å². The molecule has 0 saturated carbocycles. The third-order valence-electron chi connectivity index (χ3n) is 2.79. The van der Waals surface area contributed by atoms with Gasteiger partial charge in [-0.15, -0.1) is 11.3 Å². The number of thiophene rings is 1. The minimum atomic E-state index is 0.657. The van der Waals surface area contributed by atoms with Crippen LogP contribution in [0.2, 0.25) is 0 Å². The maximum absolute atomic E-state index is 5.50. The zero-order valence-electron chi connectivity index (χ0n) is 10.3. The topological polar surface area (TPSA) is 92.5 Å². The first-order valence-electron chi connectivity index (χ1n) is 6.07. The molecule has 3 aromatic heterocycles. The van der Waals surface area contributed by atoms with Gasteiger partial charge in [-0.1, -0.05) is 6.07 Å². The summed E-state index contributed by atoms with van der Waals surface area (Å²) in [4.78, 5) is 9.61. The summed E-state index contributed by atoms with van der Waals surface area (Å²) in [5.41, 5.74) is 7.14. The SMILES string of the molecule is NCCCNc1ncnc2n[nH]c(-c3cccs3)c12. The van der Waals surface area contributed by atoms with Crippen molar-refractivity contribution in [1.82, 2.24) is 20.2 Å². The lowest BCUT2D eigenvalue weighted by atomic mass is 10.2. The van der Waals surface area contributed by atoms with Crippen molar-refractivity contribution in [2.75, 3.05) is 18.4 Å². The summed E-state index contributed by atoms with van der Waals surface area (Å²) < 4.78 is 0. The van der Waals surface area contributed by atoms with Gasteiger partial charge in [0.05, 0.1) is 16.0 Å². The van der Waals surface area contributed by atoms with Gasteiger partial charge in [0.1, 0.15) is 12.1 Å². The van der Waals surface area contributed by atoms with Gasteiger partial charge < -0.3 is 11.1 Å². The molecule has 0 aromatic carbocycles. The Balaban J connectivity index is 2.04. The normalized spacial score (nSPS) is 11.0. The van der Waals surface area contributed by atoms with Crippen LogP contribution in [0.3, 0.4) is 0 Å². The summed E-state index contributed by atoms with van der Waals surface area (Å²) in [6.07, 6.45) is 2.42. The molecule has 0 atom stereocenters. The molecule has 0 aliphatic rings. The van der Waals surface area contributed by atoms with Crippen molar-refractivity contribution in [2.45, 2.75) is 6.42 Å². The lowest BCUT2D eigenvalue weighted by Gasteiger charge is -2.05. The van der Waals surface area contributed by atoms with Crippen molar-refractivity contribution in [2.24, 2.45) is 5.73 Å². The molecule has 3 rings (SSSR count). The Morgan fingerprint density at radius 3 is 3.11 bits per heavy atom. The molecule has 0 aliphatic carbocycles. The van der Waals surface area contributed by atoms with Crippen LogP contribution in [-0.2, 0) is 0 Å². The Morgan fingerprint density at radius 2 is 2.32 bits per heavy atom. The zero-order valence-corrected chi connectivity index (χ0v) is 11.1. The van der Waals surface area contributed by atoms with Gasteiger partial charge >= 0.3 is 0 Å². The molecule has 0 radical (unpaired) electrons. The average molecular weight is 274 g/mol. The van der Waals surface area contributed by atoms with Crippen molar-refractivity contribution in [1.29, 1.82) is 0 Å². The van der Waals surface area contributed by atoms with E-state index in [9.17, 15) is 0 Å². The van der Waals surface area contributed by atoms with Crippen LogP contribution < -0.4 is 11.1 Å². The van der Waals surface area contributed by atoms with E-state index in [1.54, 1.807) is 11.3 Å². The van der Waals surface area contributed by atoms with Gasteiger partial charge in [-0.2, -0.15) is 5.10 Å². The Morgan fingerprint density at radius 1 is 1.37 bits per heavy atom. The smallest absolute Gasteiger partial charge is 0.186 e. The molecule has 19 heavy (non-hydrogen) atoms. The largest absolute Gasteiger partial charge is 0.369 e. The molecule has 0 saturated heterocycles. The number of nitrogens with two attached hydrogens (primary N) is 1. The molecule has 0 bridgehead atoms. The highest BCUT2D eigenvalue weighted by Gasteiger charge is 2.14.